The molecule has 2 aromatic rings. The lowest BCUT2D eigenvalue weighted by atomic mass is 10.2. The van der Waals surface area contributed by atoms with Crippen LogP contribution in [0.5, 0.6) is 0 Å². The van der Waals surface area contributed by atoms with Gasteiger partial charge in [0.15, 0.2) is 6.10 Å². The molecule has 0 aliphatic heterocycles. The third-order valence-electron chi connectivity index (χ3n) is 3.09. The number of carbonyl (C=O) groups is 2. The van der Waals surface area contributed by atoms with E-state index >= 15 is 0 Å². The monoisotopic (exact) mass is 319 g/mol. The summed E-state index contributed by atoms with van der Waals surface area (Å²) in [5, 5.41) is 2.59. The summed E-state index contributed by atoms with van der Waals surface area (Å²) < 4.78 is 31.2. The molecule has 0 heterocycles. The highest BCUT2D eigenvalue weighted by Crippen LogP contribution is 2.13. The fraction of sp³-hybridized carbons (Fsp3) is 0.176. The second kappa shape index (κ2) is 7.00. The highest BCUT2D eigenvalue weighted by molar-refractivity contribution is 5.97. The summed E-state index contributed by atoms with van der Waals surface area (Å²) in [6.07, 6.45) is -1.13. The number of nitrogens with one attached hydrogen (secondary N) is 1. The zero-order valence-corrected chi connectivity index (χ0v) is 12.6. The number of esters is 1. The van der Waals surface area contributed by atoms with Gasteiger partial charge in [0.2, 0.25) is 0 Å². The zero-order chi connectivity index (χ0) is 17.0. The first kappa shape index (κ1) is 16.6. The van der Waals surface area contributed by atoms with Gasteiger partial charge in [-0.15, -0.1) is 0 Å². The third kappa shape index (κ3) is 4.35. The van der Waals surface area contributed by atoms with E-state index in [1.165, 1.54) is 6.92 Å². The number of benzene rings is 2. The van der Waals surface area contributed by atoms with E-state index in [9.17, 15) is 18.4 Å². The van der Waals surface area contributed by atoms with Crippen LogP contribution in [0.3, 0.4) is 0 Å². The molecule has 0 unspecified atom stereocenters. The zero-order valence-electron chi connectivity index (χ0n) is 12.6. The summed E-state index contributed by atoms with van der Waals surface area (Å²) >= 11 is 0. The molecule has 23 heavy (non-hydrogen) atoms. The Kier molecular flexibility index (Phi) is 5.05. The Morgan fingerprint density at radius 1 is 1.13 bits per heavy atom. The van der Waals surface area contributed by atoms with E-state index in [0.29, 0.717) is 11.8 Å². The standard InChI is InChI=1S/C17H15F2NO3/c1-10-4-3-5-13(8-10)20-16(21)11(2)23-17(22)14-7-6-12(18)9-15(14)19/h3-9,11H,1-2H3,(H,20,21)/t11-/m1/s1. The molecule has 0 fully saturated rings. The summed E-state index contributed by atoms with van der Waals surface area (Å²) in [5.41, 5.74) is 1.09. The van der Waals surface area contributed by atoms with Crippen molar-refractivity contribution in [3.63, 3.8) is 0 Å². The van der Waals surface area contributed by atoms with Crippen molar-refractivity contribution in [2.75, 3.05) is 5.32 Å². The number of carbonyl (C=O) groups excluding carboxylic acids is 2. The molecule has 4 nitrogen and oxygen atoms in total. The Morgan fingerprint density at radius 2 is 1.87 bits per heavy atom. The van der Waals surface area contributed by atoms with Crippen LogP contribution in [-0.2, 0) is 9.53 Å². The van der Waals surface area contributed by atoms with E-state index in [1.54, 1.807) is 18.2 Å². The second-order valence-corrected chi connectivity index (χ2v) is 5.03. The summed E-state index contributed by atoms with van der Waals surface area (Å²) in [6, 6.07) is 9.58. The van der Waals surface area contributed by atoms with Gasteiger partial charge in [-0.05, 0) is 43.7 Å². The number of amides is 1. The fourth-order valence-electron chi connectivity index (χ4n) is 1.90. The van der Waals surface area contributed by atoms with E-state index in [0.717, 1.165) is 17.7 Å². The van der Waals surface area contributed by atoms with Crippen molar-refractivity contribution in [1.82, 2.24) is 0 Å². The van der Waals surface area contributed by atoms with Crippen LogP contribution in [-0.4, -0.2) is 18.0 Å². The number of aryl methyl sites for hydroxylation is 1. The van der Waals surface area contributed by atoms with Crippen LogP contribution in [0.25, 0.3) is 0 Å². The first-order chi connectivity index (χ1) is 10.9. The van der Waals surface area contributed by atoms with Crippen LogP contribution < -0.4 is 5.32 Å². The largest absolute Gasteiger partial charge is 0.449 e. The molecule has 0 bridgehead atoms. The molecule has 2 rings (SSSR count). The molecule has 6 heteroatoms. The fourth-order valence-corrected chi connectivity index (χ4v) is 1.90. The van der Waals surface area contributed by atoms with E-state index < -0.39 is 35.2 Å². The van der Waals surface area contributed by atoms with E-state index in [4.69, 9.17) is 4.74 Å². The molecule has 0 spiro atoms. The van der Waals surface area contributed by atoms with Crippen LogP contribution in [0.4, 0.5) is 14.5 Å². The molecular formula is C17H15F2NO3. The SMILES string of the molecule is Cc1cccc(NC(=O)[C@@H](C)OC(=O)c2ccc(F)cc2F)c1. The van der Waals surface area contributed by atoms with Crippen LogP contribution in [0, 0.1) is 18.6 Å². The number of hydrogen-bond acceptors (Lipinski definition) is 3. The maximum absolute atomic E-state index is 13.5. The lowest BCUT2D eigenvalue weighted by Crippen LogP contribution is -2.30. The molecule has 0 aromatic heterocycles. The molecule has 0 aliphatic carbocycles. The highest BCUT2D eigenvalue weighted by atomic mass is 19.1. The molecule has 0 aliphatic rings. The Hall–Kier alpha value is -2.76. The van der Waals surface area contributed by atoms with E-state index in [2.05, 4.69) is 5.32 Å². The van der Waals surface area contributed by atoms with Gasteiger partial charge in [0.1, 0.15) is 11.6 Å². The Balaban J connectivity index is 2.01. The van der Waals surface area contributed by atoms with Crippen LogP contribution in [0.2, 0.25) is 0 Å². The van der Waals surface area contributed by atoms with Gasteiger partial charge in [-0.25, -0.2) is 13.6 Å². The topological polar surface area (TPSA) is 55.4 Å². The Bertz CT molecular complexity index is 746. The maximum atomic E-state index is 13.5. The molecule has 1 N–H and O–H groups in total. The molecule has 1 amide bonds. The molecule has 120 valence electrons. The van der Waals surface area contributed by atoms with E-state index in [-0.39, 0.29) is 0 Å². The summed E-state index contributed by atoms with van der Waals surface area (Å²) in [5.74, 6) is -3.42. The van der Waals surface area contributed by atoms with Crippen LogP contribution in [0.15, 0.2) is 42.5 Å². The van der Waals surface area contributed by atoms with Gasteiger partial charge in [0.05, 0.1) is 5.56 Å². The molecule has 1 atom stereocenters. The predicted molar refractivity (Wildman–Crippen MR) is 81.0 cm³/mol. The molecule has 0 saturated carbocycles. The first-order valence-corrected chi connectivity index (χ1v) is 6.90. The van der Waals surface area contributed by atoms with E-state index in [1.807, 2.05) is 13.0 Å². The normalized spacial score (nSPS) is 11.7. The minimum Gasteiger partial charge on any atom is -0.449 e. The highest BCUT2D eigenvalue weighted by Gasteiger charge is 2.21. The summed E-state index contributed by atoms with van der Waals surface area (Å²) in [4.78, 5) is 23.8. The average Bonchev–Trinajstić information content (AvgIpc) is 2.46. The van der Waals surface area contributed by atoms with Gasteiger partial charge in [0, 0.05) is 11.8 Å². The molecule has 0 radical (unpaired) electrons. The molecule has 0 saturated heterocycles. The smallest absolute Gasteiger partial charge is 0.341 e. The lowest BCUT2D eigenvalue weighted by molar-refractivity contribution is -0.123. The van der Waals surface area contributed by atoms with Gasteiger partial charge < -0.3 is 10.1 Å². The van der Waals surface area contributed by atoms with Crippen LogP contribution in [0.1, 0.15) is 22.8 Å². The maximum Gasteiger partial charge on any atom is 0.341 e. The lowest BCUT2D eigenvalue weighted by Gasteiger charge is -2.14. The number of anilines is 1. The van der Waals surface area contributed by atoms with Crippen molar-refractivity contribution in [2.45, 2.75) is 20.0 Å². The molecule has 2 aromatic carbocycles. The average molecular weight is 319 g/mol. The predicted octanol–water partition coefficient (Wildman–Crippen LogP) is 3.46. The second-order valence-electron chi connectivity index (χ2n) is 5.03. The van der Waals surface area contributed by atoms with Crippen LogP contribution >= 0.6 is 0 Å². The van der Waals surface area contributed by atoms with Crippen molar-refractivity contribution in [3.05, 3.63) is 65.2 Å². The van der Waals surface area contributed by atoms with Crippen molar-refractivity contribution >= 4 is 17.6 Å². The van der Waals surface area contributed by atoms with Crippen molar-refractivity contribution in [3.8, 4) is 0 Å². The van der Waals surface area contributed by atoms with Crippen molar-refractivity contribution in [2.24, 2.45) is 0 Å². The molecular weight excluding hydrogens is 304 g/mol. The number of halogens is 2. The first-order valence-electron chi connectivity index (χ1n) is 6.90. The van der Waals surface area contributed by atoms with Crippen molar-refractivity contribution < 1.29 is 23.1 Å². The van der Waals surface area contributed by atoms with Gasteiger partial charge >= 0.3 is 5.97 Å². The minimum atomic E-state index is -1.13. The number of ether oxygens (including phenoxy) is 1. The van der Waals surface area contributed by atoms with Crippen molar-refractivity contribution in [1.29, 1.82) is 0 Å². The van der Waals surface area contributed by atoms with Gasteiger partial charge in [-0.1, -0.05) is 12.1 Å². The summed E-state index contributed by atoms with van der Waals surface area (Å²) in [6.45, 7) is 3.24. The van der Waals surface area contributed by atoms with Gasteiger partial charge in [-0.2, -0.15) is 0 Å². The third-order valence-corrected chi connectivity index (χ3v) is 3.09. The van der Waals surface area contributed by atoms with Gasteiger partial charge in [-0.3, -0.25) is 4.79 Å². The number of hydrogen-bond donors (Lipinski definition) is 1. The number of rotatable bonds is 4. The Labute approximate surface area is 132 Å². The van der Waals surface area contributed by atoms with Gasteiger partial charge in [0.25, 0.3) is 5.91 Å². The minimum absolute atomic E-state index is 0.429. The Morgan fingerprint density at radius 3 is 2.52 bits per heavy atom. The quantitative estimate of drug-likeness (QED) is 0.878. The summed E-state index contributed by atoms with van der Waals surface area (Å²) in [7, 11) is 0.